The summed E-state index contributed by atoms with van der Waals surface area (Å²) < 4.78 is 0. The normalized spacial score (nSPS) is 20.8. The highest BCUT2D eigenvalue weighted by Gasteiger charge is 2.19. The second-order valence-electron chi connectivity index (χ2n) is 3.94. The molecule has 1 atom stereocenters. The molecule has 1 aliphatic heterocycles. The van der Waals surface area contributed by atoms with Crippen molar-refractivity contribution in [1.82, 2.24) is 4.98 Å². The molecule has 1 unspecified atom stereocenters. The SMILES string of the molecule is CC1CSCCN1c1ccc(C(=N)N)cn1. The Morgan fingerprint density at radius 3 is 3.00 bits per heavy atom. The summed E-state index contributed by atoms with van der Waals surface area (Å²) in [6.45, 7) is 3.25. The highest BCUT2D eigenvalue weighted by atomic mass is 32.2. The summed E-state index contributed by atoms with van der Waals surface area (Å²) in [7, 11) is 0. The van der Waals surface area contributed by atoms with E-state index in [0.717, 1.165) is 23.9 Å². The smallest absolute Gasteiger partial charge is 0.128 e. The molecule has 0 radical (unpaired) electrons. The topological polar surface area (TPSA) is 66.0 Å². The first kappa shape index (κ1) is 11.3. The van der Waals surface area contributed by atoms with E-state index >= 15 is 0 Å². The molecule has 0 bridgehead atoms. The Hall–Kier alpha value is -1.23. The number of aromatic nitrogens is 1. The maximum Gasteiger partial charge on any atom is 0.128 e. The predicted molar refractivity (Wildman–Crippen MR) is 69.4 cm³/mol. The average molecular weight is 236 g/mol. The number of nitrogen functional groups attached to an aromatic ring is 1. The van der Waals surface area contributed by atoms with Crippen molar-refractivity contribution >= 4 is 23.4 Å². The van der Waals surface area contributed by atoms with Gasteiger partial charge in [0.05, 0.1) is 0 Å². The summed E-state index contributed by atoms with van der Waals surface area (Å²) in [6.07, 6.45) is 1.67. The number of anilines is 1. The van der Waals surface area contributed by atoms with Gasteiger partial charge in [0.1, 0.15) is 11.7 Å². The Bertz CT molecular complexity index is 376. The fourth-order valence-corrected chi connectivity index (χ4v) is 2.80. The summed E-state index contributed by atoms with van der Waals surface area (Å²) in [5, 5.41) is 7.31. The van der Waals surface area contributed by atoms with Crippen LogP contribution in [-0.4, -0.2) is 34.9 Å². The largest absolute Gasteiger partial charge is 0.384 e. The van der Waals surface area contributed by atoms with Crippen LogP contribution in [0.15, 0.2) is 18.3 Å². The lowest BCUT2D eigenvalue weighted by atomic mass is 10.2. The van der Waals surface area contributed by atoms with Crippen molar-refractivity contribution in [3.63, 3.8) is 0 Å². The van der Waals surface area contributed by atoms with Gasteiger partial charge in [0.2, 0.25) is 0 Å². The van der Waals surface area contributed by atoms with Gasteiger partial charge in [-0.15, -0.1) is 0 Å². The van der Waals surface area contributed by atoms with Crippen LogP contribution < -0.4 is 10.6 Å². The van der Waals surface area contributed by atoms with Crippen molar-refractivity contribution in [1.29, 1.82) is 5.41 Å². The van der Waals surface area contributed by atoms with Crippen LogP contribution in [0, 0.1) is 5.41 Å². The summed E-state index contributed by atoms with van der Waals surface area (Å²) in [6, 6.07) is 4.33. The van der Waals surface area contributed by atoms with E-state index in [4.69, 9.17) is 11.1 Å². The minimum absolute atomic E-state index is 0.0706. The van der Waals surface area contributed by atoms with Crippen molar-refractivity contribution in [2.75, 3.05) is 23.0 Å². The van der Waals surface area contributed by atoms with E-state index < -0.39 is 0 Å². The minimum Gasteiger partial charge on any atom is -0.384 e. The highest BCUT2D eigenvalue weighted by Crippen LogP contribution is 2.21. The van der Waals surface area contributed by atoms with E-state index in [1.165, 1.54) is 0 Å². The fraction of sp³-hybridized carbons (Fsp3) is 0.455. The summed E-state index contributed by atoms with van der Waals surface area (Å²) in [4.78, 5) is 6.68. The van der Waals surface area contributed by atoms with Crippen molar-refractivity contribution in [3.05, 3.63) is 23.9 Å². The molecular formula is C11H16N4S. The molecule has 0 aromatic carbocycles. The maximum absolute atomic E-state index is 7.31. The number of nitrogens with two attached hydrogens (primary N) is 1. The van der Waals surface area contributed by atoms with Gasteiger partial charge in [-0.1, -0.05) is 0 Å². The Balaban J connectivity index is 2.17. The van der Waals surface area contributed by atoms with E-state index in [0.29, 0.717) is 11.6 Å². The number of amidine groups is 1. The molecule has 1 aromatic rings. The number of hydrogen-bond donors (Lipinski definition) is 2. The Kier molecular flexibility index (Phi) is 3.33. The van der Waals surface area contributed by atoms with Gasteiger partial charge in [0.25, 0.3) is 0 Å². The third-order valence-corrected chi connectivity index (χ3v) is 3.91. The molecule has 0 amide bonds. The molecule has 1 aromatic heterocycles. The van der Waals surface area contributed by atoms with Crippen molar-refractivity contribution in [2.24, 2.45) is 5.73 Å². The van der Waals surface area contributed by atoms with Gasteiger partial charge in [-0.2, -0.15) is 11.8 Å². The fourth-order valence-electron chi connectivity index (χ4n) is 1.78. The van der Waals surface area contributed by atoms with Crippen LogP contribution in [0.25, 0.3) is 0 Å². The van der Waals surface area contributed by atoms with Crippen molar-refractivity contribution < 1.29 is 0 Å². The zero-order valence-corrected chi connectivity index (χ0v) is 10.1. The number of thioether (sulfide) groups is 1. The Morgan fingerprint density at radius 2 is 2.44 bits per heavy atom. The van der Waals surface area contributed by atoms with Gasteiger partial charge in [-0.3, -0.25) is 5.41 Å². The zero-order valence-electron chi connectivity index (χ0n) is 9.31. The summed E-state index contributed by atoms with van der Waals surface area (Å²) in [5.41, 5.74) is 6.08. The van der Waals surface area contributed by atoms with Crippen LogP contribution in [0.5, 0.6) is 0 Å². The second kappa shape index (κ2) is 4.74. The number of pyridine rings is 1. The molecule has 0 saturated carbocycles. The van der Waals surface area contributed by atoms with Gasteiger partial charge in [-0.05, 0) is 19.1 Å². The molecule has 1 fully saturated rings. The van der Waals surface area contributed by atoms with Gasteiger partial charge in [-0.25, -0.2) is 4.98 Å². The summed E-state index contributed by atoms with van der Waals surface area (Å²) in [5.74, 6) is 3.36. The van der Waals surface area contributed by atoms with Crippen molar-refractivity contribution in [3.8, 4) is 0 Å². The number of hydrogen-bond acceptors (Lipinski definition) is 4. The molecule has 1 aliphatic rings. The average Bonchev–Trinajstić information content (AvgIpc) is 2.30. The monoisotopic (exact) mass is 236 g/mol. The molecule has 1 saturated heterocycles. The molecule has 2 heterocycles. The maximum atomic E-state index is 7.31. The first-order valence-corrected chi connectivity index (χ1v) is 6.49. The van der Waals surface area contributed by atoms with Crippen LogP contribution in [-0.2, 0) is 0 Å². The van der Waals surface area contributed by atoms with Crippen LogP contribution in [0.3, 0.4) is 0 Å². The first-order valence-electron chi connectivity index (χ1n) is 5.33. The Morgan fingerprint density at radius 1 is 1.62 bits per heavy atom. The lowest BCUT2D eigenvalue weighted by Crippen LogP contribution is -2.40. The first-order chi connectivity index (χ1) is 7.68. The molecule has 2 rings (SSSR count). The van der Waals surface area contributed by atoms with E-state index in [1.807, 2.05) is 23.9 Å². The minimum atomic E-state index is 0.0706. The van der Waals surface area contributed by atoms with Gasteiger partial charge in [0.15, 0.2) is 0 Å². The third-order valence-electron chi connectivity index (χ3n) is 2.72. The Labute approximate surface area is 99.7 Å². The molecule has 4 nitrogen and oxygen atoms in total. The third kappa shape index (κ3) is 2.29. The van der Waals surface area contributed by atoms with Crippen LogP contribution in [0.1, 0.15) is 12.5 Å². The van der Waals surface area contributed by atoms with E-state index in [2.05, 4.69) is 16.8 Å². The quantitative estimate of drug-likeness (QED) is 0.600. The number of nitrogens with zero attached hydrogens (tertiary/aromatic N) is 2. The summed E-state index contributed by atoms with van der Waals surface area (Å²) >= 11 is 1.99. The van der Waals surface area contributed by atoms with Gasteiger partial charge < -0.3 is 10.6 Å². The molecule has 5 heteroatoms. The second-order valence-corrected chi connectivity index (χ2v) is 5.09. The van der Waals surface area contributed by atoms with Crippen LogP contribution in [0.2, 0.25) is 0 Å². The van der Waals surface area contributed by atoms with E-state index in [-0.39, 0.29) is 5.84 Å². The molecular weight excluding hydrogens is 220 g/mol. The van der Waals surface area contributed by atoms with Crippen LogP contribution >= 0.6 is 11.8 Å². The van der Waals surface area contributed by atoms with E-state index in [1.54, 1.807) is 6.20 Å². The number of rotatable bonds is 2. The van der Waals surface area contributed by atoms with Gasteiger partial charge in [0, 0.05) is 35.9 Å². The van der Waals surface area contributed by atoms with Crippen molar-refractivity contribution in [2.45, 2.75) is 13.0 Å². The molecule has 16 heavy (non-hydrogen) atoms. The zero-order chi connectivity index (χ0) is 11.5. The highest BCUT2D eigenvalue weighted by molar-refractivity contribution is 7.99. The number of nitrogens with one attached hydrogen (secondary N) is 1. The lowest BCUT2D eigenvalue weighted by Gasteiger charge is -2.34. The predicted octanol–water partition coefficient (Wildman–Crippen LogP) is 1.31. The molecule has 0 aliphatic carbocycles. The molecule has 0 spiro atoms. The molecule has 3 N–H and O–H groups in total. The standard InChI is InChI=1S/C11H16N4S/c1-8-7-16-5-4-15(8)10-3-2-9(6-14-10)11(12)13/h2-3,6,8H,4-5,7H2,1H3,(H3,12,13). The van der Waals surface area contributed by atoms with E-state index in [9.17, 15) is 0 Å². The van der Waals surface area contributed by atoms with Gasteiger partial charge >= 0.3 is 0 Å². The molecule has 86 valence electrons. The lowest BCUT2D eigenvalue weighted by molar-refractivity contribution is 0.690. The van der Waals surface area contributed by atoms with Crippen LogP contribution in [0.4, 0.5) is 5.82 Å².